The van der Waals surface area contributed by atoms with Crippen molar-refractivity contribution < 1.29 is 0 Å². The Kier molecular flexibility index (Phi) is 4.92. The zero-order chi connectivity index (χ0) is 15.7. The fourth-order valence-electron chi connectivity index (χ4n) is 3.26. The third kappa shape index (κ3) is 3.74. The summed E-state index contributed by atoms with van der Waals surface area (Å²) in [6, 6.07) is 1.14. The smallest absolute Gasteiger partial charge is 0.0897 e. The quantitative estimate of drug-likeness (QED) is 0.857. The van der Waals surface area contributed by atoms with Gasteiger partial charge in [0.1, 0.15) is 0 Å². The van der Waals surface area contributed by atoms with E-state index in [9.17, 15) is 0 Å². The highest BCUT2D eigenvalue weighted by Gasteiger charge is 2.29. The van der Waals surface area contributed by atoms with E-state index >= 15 is 0 Å². The molecule has 120 valence electrons. The van der Waals surface area contributed by atoms with E-state index in [0.29, 0.717) is 12.1 Å². The van der Waals surface area contributed by atoms with E-state index in [2.05, 4.69) is 47.5 Å². The fraction of sp³-hybridized carbons (Fsp3) is 0.625. The lowest BCUT2D eigenvalue weighted by atomic mass is 10.1. The van der Waals surface area contributed by atoms with Crippen molar-refractivity contribution in [2.24, 2.45) is 0 Å². The number of hydrogen-bond acceptors (Lipinski definition) is 6. The van der Waals surface area contributed by atoms with E-state index in [4.69, 9.17) is 0 Å². The van der Waals surface area contributed by atoms with E-state index in [1.807, 2.05) is 35.1 Å². The van der Waals surface area contributed by atoms with Crippen molar-refractivity contribution in [3.63, 3.8) is 0 Å². The first kappa shape index (κ1) is 16.1. The highest BCUT2D eigenvalue weighted by molar-refractivity contribution is 7.11. The molecule has 4 nitrogen and oxygen atoms in total. The van der Waals surface area contributed by atoms with Crippen molar-refractivity contribution in [2.75, 3.05) is 13.1 Å². The number of nitrogens with zero attached hydrogens (tertiary/aromatic N) is 4. The van der Waals surface area contributed by atoms with Crippen LogP contribution in [-0.4, -0.2) is 44.9 Å². The molecule has 0 unspecified atom stereocenters. The number of aryl methyl sites for hydroxylation is 2. The maximum atomic E-state index is 4.38. The molecule has 1 saturated heterocycles. The van der Waals surface area contributed by atoms with Crippen LogP contribution in [0.5, 0.6) is 0 Å². The summed E-state index contributed by atoms with van der Waals surface area (Å²) in [7, 11) is 0. The Balaban J connectivity index is 1.61. The predicted molar refractivity (Wildman–Crippen MR) is 93.4 cm³/mol. The maximum absolute atomic E-state index is 4.38. The van der Waals surface area contributed by atoms with Gasteiger partial charge in [0.05, 0.1) is 10.0 Å². The molecular formula is C16H24N4S2. The molecule has 1 fully saturated rings. The van der Waals surface area contributed by atoms with Crippen LogP contribution < -0.4 is 0 Å². The molecule has 0 spiro atoms. The topological polar surface area (TPSA) is 32.3 Å². The van der Waals surface area contributed by atoms with E-state index < -0.39 is 0 Å². The van der Waals surface area contributed by atoms with Crippen LogP contribution >= 0.6 is 22.7 Å². The molecule has 0 amide bonds. The molecule has 0 bridgehead atoms. The van der Waals surface area contributed by atoms with Gasteiger partial charge < -0.3 is 0 Å². The molecule has 0 aromatic carbocycles. The average Bonchev–Trinajstić information content (AvgIpc) is 3.03. The summed E-state index contributed by atoms with van der Waals surface area (Å²) in [6.45, 7) is 13.2. The number of piperazine rings is 1. The fourth-order valence-corrected chi connectivity index (χ4v) is 4.91. The summed E-state index contributed by atoms with van der Waals surface area (Å²) < 4.78 is 0. The van der Waals surface area contributed by atoms with Crippen LogP contribution in [0.1, 0.15) is 33.6 Å². The van der Waals surface area contributed by atoms with Gasteiger partial charge in [-0.25, -0.2) is 9.97 Å². The van der Waals surface area contributed by atoms with Gasteiger partial charge in [-0.3, -0.25) is 9.80 Å². The zero-order valence-electron chi connectivity index (χ0n) is 13.7. The standard InChI is InChI=1S/C16H24N4S2/c1-11-7-19(9-15-5-17-13(3)21-15)8-12(2)20(11)10-16-6-18-14(4)22-16/h5-6,11-12H,7-10H2,1-4H3/t11-,12-/m1/s1. The second-order valence-electron chi connectivity index (χ2n) is 6.26. The van der Waals surface area contributed by atoms with Crippen molar-refractivity contribution in [3.05, 3.63) is 32.2 Å². The minimum absolute atomic E-state index is 0.570. The molecule has 3 heterocycles. The molecule has 0 N–H and O–H groups in total. The summed E-state index contributed by atoms with van der Waals surface area (Å²) in [5.41, 5.74) is 0. The highest BCUT2D eigenvalue weighted by atomic mass is 32.1. The monoisotopic (exact) mass is 336 g/mol. The van der Waals surface area contributed by atoms with Crippen molar-refractivity contribution in [1.82, 2.24) is 19.8 Å². The summed E-state index contributed by atoms with van der Waals surface area (Å²) in [5, 5.41) is 2.32. The Morgan fingerprint density at radius 3 is 1.91 bits per heavy atom. The second kappa shape index (κ2) is 6.74. The molecule has 2 aromatic heterocycles. The van der Waals surface area contributed by atoms with Crippen LogP contribution in [0, 0.1) is 13.8 Å². The van der Waals surface area contributed by atoms with E-state index in [-0.39, 0.29) is 0 Å². The first-order chi connectivity index (χ1) is 10.5. The molecule has 1 aliphatic heterocycles. The lowest BCUT2D eigenvalue weighted by Crippen LogP contribution is -2.55. The third-order valence-corrected chi connectivity index (χ3v) is 6.03. The van der Waals surface area contributed by atoms with Crippen LogP contribution in [0.15, 0.2) is 12.4 Å². The number of hydrogen-bond donors (Lipinski definition) is 0. The molecule has 3 rings (SSSR count). The first-order valence-electron chi connectivity index (χ1n) is 7.82. The van der Waals surface area contributed by atoms with Gasteiger partial charge in [-0.2, -0.15) is 0 Å². The summed E-state index contributed by atoms with van der Waals surface area (Å²) in [6.07, 6.45) is 4.06. The lowest BCUT2D eigenvalue weighted by molar-refractivity contribution is 0.0301. The van der Waals surface area contributed by atoms with Gasteiger partial charge in [0.25, 0.3) is 0 Å². The van der Waals surface area contributed by atoms with Crippen molar-refractivity contribution >= 4 is 22.7 Å². The molecular weight excluding hydrogens is 312 g/mol. The van der Waals surface area contributed by atoms with Gasteiger partial charge >= 0.3 is 0 Å². The number of rotatable bonds is 4. The van der Waals surface area contributed by atoms with Crippen LogP contribution in [0.3, 0.4) is 0 Å². The van der Waals surface area contributed by atoms with Gasteiger partial charge in [-0.15, -0.1) is 22.7 Å². The second-order valence-corrected chi connectivity index (χ2v) is 8.89. The van der Waals surface area contributed by atoms with E-state index in [0.717, 1.165) is 36.2 Å². The Labute approximate surface area is 140 Å². The zero-order valence-corrected chi connectivity index (χ0v) is 15.4. The minimum atomic E-state index is 0.570. The normalized spacial score (nSPS) is 24.0. The van der Waals surface area contributed by atoms with Gasteiger partial charge in [-0.1, -0.05) is 0 Å². The molecule has 6 heteroatoms. The molecule has 2 atom stereocenters. The largest absolute Gasteiger partial charge is 0.295 e. The molecule has 1 aliphatic rings. The van der Waals surface area contributed by atoms with Gasteiger partial charge in [-0.05, 0) is 27.7 Å². The Morgan fingerprint density at radius 1 is 0.955 bits per heavy atom. The Hall–Kier alpha value is -0.820. The Bertz CT molecular complexity index is 609. The number of aromatic nitrogens is 2. The van der Waals surface area contributed by atoms with E-state index in [1.165, 1.54) is 9.75 Å². The highest BCUT2D eigenvalue weighted by Crippen LogP contribution is 2.23. The van der Waals surface area contributed by atoms with Crippen LogP contribution in [0.2, 0.25) is 0 Å². The minimum Gasteiger partial charge on any atom is -0.295 e. The summed E-state index contributed by atoms with van der Waals surface area (Å²) >= 11 is 3.64. The van der Waals surface area contributed by atoms with Crippen LogP contribution in [0.25, 0.3) is 0 Å². The van der Waals surface area contributed by atoms with Crippen molar-refractivity contribution in [3.8, 4) is 0 Å². The third-order valence-electron chi connectivity index (χ3n) is 4.23. The molecule has 0 radical (unpaired) electrons. The predicted octanol–water partition coefficient (Wildman–Crippen LogP) is 3.31. The van der Waals surface area contributed by atoms with Crippen molar-refractivity contribution in [2.45, 2.75) is 52.9 Å². The summed E-state index contributed by atoms with van der Waals surface area (Å²) in [5.74, 6) is 0. The SMILES string of the molecule is Cc1ncc(CN2C[C@@H](C)N(Cc3cnc(C)s3)[C@H](C)C2)s1. The van der Waals surface area contributed by atoms with Gasteiger partial charge in [0.15, 0.2) is 0 Å². The molecule has 0 aliphatic carbocycles. The van der Waals surface area contributed by atoms with Crippen LogP contribution in [-0.2, 0) is 13.1 Å². The lowest BCUT2D eigenvalue weighted by Gasteiger charge is -2.44. The molecule has 2 aromatic rings. The maximum Gasteiger partial charge on any atom is 0.0897 e. The molecule has 22 heavy (non-hydrogen) atoms. The van der Waals surface area contributed by atoms with E-state index in [1.54, 1.807) is 0 Å². The van der Waals surface area contributed by atoms with Crippen LogP contribution in [0.4, 0.5) is 0 Å². The first-order valence-corrected chi connectivity index (χ1v) is 9.45. The molecule has 0 saturated carbocycles. The summed E-state index contributed by atoms with van der Waals surface area (Å²) in [4.78, 5) is 16.7. The Morgan fingerprint density at radius 2 is 1.45 bits per heavy atom. The van der Waals surface area contributed by atoms with Gasteiger partial charge in [0.2, 0.25) is 0 Å². The average molecular weight is 337 g/mol. The van der Waals surface area contributed by atoms with Crippen molar-refractivity contribution in [1.29, 1.82) is 0 Å². The number of thiazole rings is 2. The van der Waals surface area contributed by atoms with Gasteiger partial charge in [0, 0.05) is 60.4 Å².